The first-order chi connectivity index (χ1) is 13.6. The minimum Gasteiger partial charge on any atom is -0.389 e. The summed E-state index contributed by atoms with van der Waals surface area (Å²) >= 11 is 0. The number of benzene rings is 3. The Bertz CT molecular complexity index is 818. The van der Waals surface area contributed by atoms with E-state index in [-0.39, 0.29) is 18.8 Å². The van der Waals surface area contributed by atoms with Crippen LogP contribution in [-0.4, -0.2) is 24.4 Å². The van der Waals surface area contributed by atoms with Crippen LogP contribution in [0.4, 0.5) is 0 Å². The maximum absolute atomic E-state index is 10.4. The molecule has 0 saturated heterocycles. The fourth-order valence-electron chi connectivity index (χ4n) is 3.19. The maximum Gasteiger partial charge on any atom is 0.108 e. The fourth-order valence-corrected chi connectivity index (χ4v) is 3.19. The highest BCUT2D eigenvalue weighted by molar-refractivity contribution is 5.31. The normalized spacial score (nSPS) is 14.4. The van der Waals surface area contributed by atoms with E-state index >= 15 is 0 Å². The predicted molar refractivity (Wildman–Crippen MR) is 114 cm³/mol. The third kappa shape index (κ3) is 5.77. The molecule has 0 bridgehead atoms. The molecule has 0 unspecified atom stereocenters. The molecule has 28 heavy (non-hydrogen) atoms. The quantitative estimate of drug-likeness (QED) is 0.564. The van der Waals surface area contributed by atoms with Gasteiger partial charge in [0.05, 0.1) is 12.7 Å². The van der Waals surface area contributed by atoms with Crippen LogP contribution >= 0.6 is 0 Å². The van der Waals surface area contributed by atoms with Crippen molar-refractivity contribution in [2.45, 2.75) is 32.1 Å². The van der Waals surface area contributed by atoms with Crippen LogP contribution < -0.4 is 5.32 Å². The van der Waals surface area contributed by atoms with Crippen molar-refractivity contribution in [2.24, 2.45) is 0 Å². The molecular weight excluding hydrogens is 346 g/mol. The van der Waals surface area contributed by atoms with Crippen LogP contribution in [0.5, 0.6) is 0 Å². The van der Waals surface area contributed by atoms with Gasteiger partial charge in [-0.2, -0.15) is 0 Å². The Kier molecular flexibility index (Phi) is 7.38. The first-order valence-corrected chi connectivity index (χ1v) is 9.83. The Morgan fingerprint density at radius 3 is 1.93 bits per heavy atom. The lowest BCUT2D eigenvalue weighted by atomic mass is 10.0. The van der Waals surface area contributed by atoms with E-state index < -0.39 is 6.10 Å². The molecule has 0 fully saturated rings. The molecule has 0 saturated carbocycles. The van der Waals surface area contributed by atoms with Crippen LogP contribution in [0.3, 0.4) is 0 Å². The summed E-state index contributed by atoms with van der Waals surface area (Å²) in [4.78, 5) is 0. The number of aliphatic hydroxyl groups excluding tert-OH is 1. The third-order valence-electron chi connectivity index (χ3n) is 4.90. The number of aryl methyl sites for hydroxylation is 1. The van der Waals surface area contributed by atoms with Crippen molar-refractivity contribution in [3.63, 3.8) is 0 Å². The first kappa shape index (κ1) is 20.3. The number of hydrogen-bond donors (Lipinski definition) is 2. The van der Waals surface area contributed by atoms with Crippen molar-refractivity contribution in [1.29, 1.82) is 0 Å². The van der Waals surface area contributed by atoms with Gasteiger partial charge in [-0.15, -0.1) is 0 Å². The molecule has 0 aromatic heterocycles. The lowest BCUT2D eigenvalue weighted by Crippen LogP contribution is -2.32. The standard InChI is InChI=1S/C25H29NO2/c1-19-13-15-23(16-14-19)25(22-11-7-4-8-12-22)28-18-24(27)17-26-20(2)21-9-5-3-6-10-21/h3-16,20,24-27H,17-18H2,1-2H3/t20-,24+,25-/m1/s1. The predicted octanol–water partition coefficient (Wildman–Crippen LogP) is 4.81. The molecule has 0 radical (unpaired) electrons. The van der Waals surface area contributed by atoms with E-state index in [1.54, 1.807) is 0 Å². The summed E-state index contributed by atoms with van der Waals surface area (Å²) in [6.07, 6.45) is -0.772. The molecule has 2 N–H and O–H groups in total. The lowest BCUT2D eigenvalue weighted by Gasteiger charge is -2.22. The van der Waals surface area contributed by atoms with Crippen molar-refractivity contribution in [1.82, 2.24) is 5.32 Å². The van der Waals surface area contributed by atoms with Gasteiger partial charge in [-0.3, -0.25) is 0 Å². The molecule has 3 rings (SSSR count). The van der Waals surface area contributed by atoms with Crippen molar-refractivity contribution < 1.29 is 9.84 Å². The molecular formula is C25H29NO2. The largest absolute Gasteiger partial charge is 0.389 e. The summed E-state index contributed by atoms with van der Waals surface area (Å²) in [5.41, 5.74) is 4.60. The van der Waals surface area contributed by atoms with Crippen molar-refractivity contribution >= 4 is 0 Å². The highest BCUT2D eigenvalue weighted by atomic mass is 16.5. The molecule has 3 aromatic carbocycles. The zero-order valence-corrected chi connectivity index (χ0v) is 16.6. The topological polar surface area (TPSA) is 41.5 Å². The zero-order chi connectivity index (χ0) is 19.8. The number of aliphatic hydroxyl groups is 1. The number of ether oxygens (including phenoxy) is 1. The Balaban J connectivity index is 1.59. The van der Waals surface area contributed by atoms with Crippen LogP contribution in [0, 0.1) is 6.92 Å². The Hall–Kier alpha value is -2.46. The molecule has 3 aromatic rings. The SMILES string of the molecule is Cc1ccc([C@H](OC[C@@H](O)CN[C@H](C)c2ccccc2)c2ccccc2)cc1. The minimum absolute atomic E-state index is 0.179. The Morgan fingerprint density at radius 1 is 0.786 bits per heavy atom. The van der Waals surface area contributed by atoms with Crippen molar-refractivity contribution in [3.05, 3.63) is 107 Å². The average molecular weight is 376 g/mol. The average Bonchev–Trinajstić information content (AvgIpc) is 2.75. The van der Waals surface area contributed by atoms with Gasteiger partial charge < -0.3 is 15.2 Å². The lowest BCUT2D eigenvalue weighted by molar-refractivity contribution is 0.00578. The molecule has 0 aliphatic carbocycles. The maximum atomic E-state index is 10.4. The zero-order valence-electron chi connectivity index (χ0n) is 16.6. The van der Waals surface area contributed by atoms with Crippen LogP contribution in [0.25, 0.3) is 0 Å². The third-order valence-corrected chi connectivity index (χ3v) is 4.90. The van der Waals surface area contributed by atoms with E-state index in [9.17, 15) is 5.11 Å². The van der Waals surface area contributed by atoms with E-state index in [2.05, 4.69) is 67.7 Å². The van der Waals surface area contributed by atoms with E-state index in [1.807, 2.05) is 36.4 Å². The van der Waals surface area contributed by atoms with Crippen LogP contribution in [0.1, 0.15) is 41.3 Å². The van der Waals surface area contributed by atoms with Gasteiger partial charge in [0.25, 0.3) is 0 Å². The van der Waals surface area contributed by atoms with Gasteiger partial charge in [0.1, 0.15) is 6.10 Å². The molecule has 0 aliphatic heterocycles. The summed E-state index contributed by atoms with van der Waals surface area (Å²) in [6, 6.07) is 28.9. The summed E-state index contributed by atoms with van der Waals surface area (Å²) in [5.74, 6) is 0. The molecule has 146 valence electrons. The second-order valence-corrected chi connectivity index (χ2v) is 7.23. The summed E-state index contributed by atoms with van der Waals surface area (Å²) in [6.45, 7) is 4.92. The Labute approximate surface area is 168 Å². The molecule has 3 heteroatoms. The highest BCUT2D eigenvalue weighted by Gasteiger charge is 2.17. The van der Waals surface area contributed by atoms with E-state index in [1.165, 1.54) is 11.1 Å². The second-order valence-electron chi connectivity index (χ2n) is 7.23. The number of rotatable bonds is 9. The van der Waals surface area contributed by atoms with Crippen LogP contribution in [-0.2, 0) is 4.74 Å². The van der Waals surface area contributed by atoms with E-state index in [0.717, 1.165) is 11.1 Å². The van der Waals surface area contributed by atoms with Gasteiger partial charge in [-0.1, -0.05) is 90.5 Å². The number of nitrogens with one attached hydrogen (secondary N) is 1. The van der Waals surface area contributed by atoms with Gasteiger partial charge in [0.2, 0.25) is 0 Å². The van der Waals surface area contributed by atoms with Gasteiger partial charge in [0.15, 0.2) is 0 Å². The molecule has 3 nitrogen and oxygen atoms in total. The summed E-state index contributed by atoms with van der Waals surface area (Å²) in [7, 11) is 0. The van der Waals surface area contributed by atoms with E-state index in [4.69, 9.17) is 4.74 Å². The second kappa shape index (κ2) is 10.2. The van der Waals surface area contributed by atoms with Crippen LogP contribution in [0.15, 0.2) is 84.9 Å². The summed E-state index contributed by atoms with van der Waals surface area (Å²) < 4.78 is 6.16. The Morgan fingerprint density at radius 2 is 1.32 bits per heavy atom. The van der Waals surface area contributed by atoms with Crippen molar-refractivity contribution in [2.75, 3.05) is 13.2 Å². The van der Waals surface area contributed by atoms with Crippen LogP contribution in [0.2, 0.25) is 0 Å². The fraction of sp³-hybridized carbons (Fsp3) is 0.280. The van der Waals surface area contributed by atoms with Crippen molar-refractivity contribution in [3.8, 4) is 0 Å². The summed E-state index contributed by atoms with van der Waals surface area (Å²) in [5, 5.41) is 13.8. The minimum atomic E-state index is -0.581. The molecule has 0 spiro atoms. The number of hydrogen-bond acceptors (Lipinski definition) is 3. The molecule has 0 aliphatic rings. The molecule has 0 amide bonds. The van der Waals surface area contributed by atoms with Gasteiger partial charge in [-0.05, 0) is 30.5 Å². The first-order valence-electron chi connectivity index (χ1n) is 9.83. The monoisotopic (exact) mass is 375 g/mol. The molecule has 3 atom stereocenters. The van der Waals surface area contributed by atoms with Gasteiger partial charge >= 0.3 is 0 Å². The van der Waals surface area contributed by atoms with Gasteiger partial charge in [-0.25, -0.2) is 0 Å². The van der Waals surface area contributed by atoms with Gasteiger partial charge in [0, 0.05) is 12.6 Å². The van der Waals surface area contributed by atoms with E-state index in [0.29, 0.717) is 6.54 Å². The molecule has 0 heterocycles. The highest BCUT2D eigenvalue weighted by Crippen LogP contribution is 2.26. The smallest absolute Gasteiger partial charge is 0.108 e.